The first-order valence-corrected chi connectivity index (χ1v) is 24.3. The zero-order valence-electron chi connectivity index (χ0n) is 38.7. The second-order valence-electron chi connectivity index (χ2n) is 15.7. The van der Waals surface area contributed by atoms with Gasteiger partial charge >= 0.3 is 17.9 Å². The molecular formula is C54H88O6. The van der Waals surface area contributed by atoms with Crippen molar-refractivity contribution in [2.24, 2.45) is 0 Å². The highest BCUT2D eigenvalue weighted by atomic mass is 16.6. The van der Waals surface area contributed by atoms with Gasteiger partial charge in [-0.15, -0.1) is 0 Å². The Kier molecular flexibility index (Phi) is 45.1. The van der Waals surface area contributed by atoms with Crippen molar-refractivity contribution in [3.63, 3.8) is 0 Å². The van der Waals surface area contributed by atoms with Crippen molar-refractivity contribution >= 4 is 17.9 Å². The van der Waals surface area contributed by atoms with Gasteiger partial charge in [-0.1, -0.05) is 195 Å². The summed E-state index contributed by atoms with van der Waals surface area (Å²) < 4.78 is 16.7. The molecule has 1 atom stereocenters. The van der Waals surface area contributed by atoms with Gasteiger partial charge in [0.2, 0.25) is 0 Å². The van der Waals surface area contributed by atoms with Crippen LogP contribution in [0.2, 0.25) is 0 Å². The third kappa shape index (κ3) is 45.4. The summed E-state index contributed by atoms with van der Waals surface area (Å²) in [5, 5.41) is 0. The normalized spacial score (nSPS) is 12.9. The Morgan fingerprint density at radius 1 is 0.367 bits per heavy atom. The number of rotatable bonds is 42. The minimum Gasteiger partial charge on any atom is -0.462 e. The Hall–Kier alpha value is -3.67. The lowest BCUT2D eigenvalue weighted by atomic mass is 10.1. The van der Waals surface area contributed by atoms with Crippen LogP contribution in [0.15, 0.2) is 97.2 Å². The van der Waals surface area contributed by atoms with Gasteiger partial charge in [0.15, 0.2) is 6.10 Å². The summed E-state index contributed by atoms with van der Waals surface area (Å²) in [5.74, 6) is -1.02. The Bertz CT molecular complexity index is 1230. The fourth-order valence-corrected chi connectivity index (χ4v) is 6.27. The molecule has 6 nitrogen and oxygen atoms in total. The number of carbonyl (C=O) groups is 3. The number of allylic oxidation sites excluding steroid dienone is 16. The van der Waals surface area contributed by atoms with Crippen LogP contribution in [0, 0.1) is 0 Å². The van der Waals surface area contributed by atoms with Crippen molar-refractivity contribution in [2.75, 3.05) is 13.2 Å². The van der Waals surface area contributed by atoms with E-state index in [0.717, 1.165) is 109 Å². The first kappa shape index (κ1) is 56.3. The van der Waals surface area contributed by atoms with Gasteiger partial charge < -0.3 is 14.2 Å². The van der Waals surface area contributed by atoms with Crippen LogP contribution in [0.4, 0.5) is 0 Å². The molecule has 0 aliphatic rings. The molecular weight excluding hydrogens is 745 g/mol. The van der Waals surface area contributed by atoms with Gasteiger partial charge in [0.1, 0.15) is 13.2 Å². The Morgan fingerprint density at radius 3 is 1.30 bits per heavy atom. The second-order valence-corrected chi connectivity index (χ2v) is 15.7. The van der Waals surface area contributed by atoms with E-state index in [1.165, 1.54) is 51.4 Å². The molecule has 0 radical (unpaired) electrons. The van der Waals surface area contributed by atoms with Crippen molar-refractivity contribution in [3.8, 4) is 0 Å². The zero-order valence-corrected chi connectivity index (χ0v) is 38.7. The molecule has 6 heteroatoms. The van der Waals surface area contributed by atoms with Crippen molar-refractivity contribution in [1.29, 1.82) is 0 Å². The van der Waals surface area contributed by atoms with E-state index < -0.39 is 6.10 Å². The first-order valence-electron chi connectivity index (χ1n) is 24.3. The zero-order chi connectivity index (χ0) is 43.7. The molecule has 60 heavy (non-hydrogen) atoms. The molecule has 340 valence electrons. The molecule has 0 saturated carbocycles. The maximum Gasteiger partial charge on any atom is 0.306 e. The molecule has 0 spiro atoms. The van der Waals surface area contributed by atoms with E-state index in [4.69, 9.17) is 14.2 Å². The van der Waals surface area contributed by atoms with E-state index in [1.807, 2.05) is 12.2 Å². The number of unbranched alkanes of at least 4 members (excludes halogenated alkanes) is 17. The fourth-order valence-electron chi connectivity index (χ4n) is 6.27. The quantitative estimate of drug-likeness (QED) is 0.0200. The summed E-state index contributed by atoms with van der Waals surface area (Å²) >= 11 is 0. The summed E-state index contributed by atoms with van der Waals surface area (Å²) in [6.45, 7) is 6.28. The second kappa shape index (κ2) is 48.0. The summed E-state index contributed by atoms with van der Waals surface area (Å²) in [4.78, 5) is 37.8. The van der Waals surface area contributed by atoms with Crippen LogP contribution in [-0.2, 0) is 28.6 Å². The molecule has 0 aromatic heterocycles. The van der Waals surface area contributed by atoms with E-state index in [-0.39, 0.29) is 44.0 Å². The van der Waals surface area contributed by atoms with Crippen LogP contribution in [0.3, 0.4) is 0 Å². The van der Waals surface area contributed by atoms with E-state index in [0.29, 0.717) is 12.8 Å². The monoisotopic (exact) mass is 833 g/mol. The molecule has 0 saturated heterocycles. The van der Waals surface area contributed by atoms with Crippen LogP contribution in [-0.4, -0.2) is 37.2 Å². The third-order valence-corrected chi connectivity index (χ3v) is 9.88. The number of carbonyl (C=O) groups excluding carboxylic acids is 3. The van der Waals surface area contributed by atoms with Gasteiger partial charge in [0.05, 0.1) is 0 Å². The standard InChI is InChI=1S/C54H88O6/c1-4-7-10-13-16-19-22-25-26-27-30-32-35-38-41-44-47-53(56)59-50-51(60-54(57)48-45-42-39-36-33-29-24-21-18-15-12-9-6-3)49-58-52(55)46-43-40-37-34-31-28-23-20-17-14-11-8-5-2/h7,9-10,12,15-16,18-19,21,24-26,28,31,37,40,51H,4-6,8,11,13-14,17,20,22-23,27,29-30,32-36,38-39,41-50H2,1-3H3/b10-7-,12-9-,18-15-,19-16-,24-21-,26-25-,31-28-,40-37-. The van der Waals surface area contributed by atoms with Crippen LogP contribution in [0.5, 0.6) is 0 Å². The van der Waals surface area contributed by atoms with Crippen LogP contribution < -0.4 is 0 Å². The van der Waals surface area contributed by atoms with Crippen molar-refractivity contribution < 1.29 is 28.6 Å². The largest absolute Gasteiger partial charge is 0.462 e. The van der Waals surface area contributed by atoms with E-state index in [9.17, 15) is 14.4 Å². The molecule has 0 fully saturated rings. The lowest BCUT2D eigenvalue weighted by Crippen LogP contribution is -2.30. The average molecular weight is 833 g/mol. The number of hydrogen-bond donors (Lipinski definition) is 0. The smallest absolute Gasteiger partial charge is 0.306 e. The molecule has 0 aliphatic carbocycles. The van der Waals surface area contributed by atoms with Gasteiger partial charge in [0.25, 0.3) is 0 Å². The Balaban J connectivity index is 4.50. The average Bonchev–Trinajstić information content (AvgIpc) is 3.24. The molecule has 1 unspecified atom stereocenters. The highest BCUT2D eigenvalue weighted by molar-refractivity contribution is 5.71. The van der Waals surface area contributed by atoms with Crippen LogP contribution in [0.1, 0.15) is 207 Å². The predicted molar refractivity (Wildman–Crippen MR) is 256 cm³/mol. The highest BCUT2D eigenvalue weighted by Gasteiger charge is 2.19. The number of ether oxygens (including phenoxy) is 3. The molecule has 0 amide bonds. The summed E-state index contributed by atoms with van der Waals surface area (Å²) in [6, 6.07) is 0. The van der Waals surface area contributed by atoms with E-state index in [1.54, 1.807) is 0 Å². The summed E-state index contributed by atoms with van der Waals surface area (Å²) in [7, 11) is 0. The SMILES string of the molecule is CC\C=C/C=C\C=C/CCCCCCCC(=O)OC(COC(=O)CC/C=C\C/C=C\CCCCCCCC)COC(=O)CCCCCCCC/C=C\C/C=C\C/C=C\CC. The third-order valence-electron chi connectivity index (χ3n) is 9.88. The van der Waals surface area contributed by atoms with Crippen LogP contribution in [0.25, 0.3) is 0 Å². The van der Waals surface area contributed by atoms with Gasteiger partial charge in [-0.25, -0.2) is 0 Å². The minimum absolute atomic E-state index is 0.111. The maximum absolute atomic E-state index is 12.7. The minimum atomic E-state index is -0.816. The topological polar surface area (TPSA) is 78.9 Å². The lowest BCUT2D eigenvalue weighted by molar-refractivity contribution is -0.166. The molecule has 0 aromatic rings. The fraction of sp³-hybridized carbons (Fsp3) is 0.648. The Labute approximate surface area is 368 Å². The van der Waals surface area contributed by atoms with Gasteiger partial charge in [0, 0.05) is 19.3 Å². The van der Waals surface area contributed by atoms with E-state index in [2.05, 4.69) is 106 Å². The van der Waals surface area contributed by atoms with Gasteiger partial charge in [-0.3, -0.25) is 14.4 Å². The van der Waals surface area contributed by atoms with E-state index >= 15 is 0 Å². The molecule has 0 heterocycles. The van der Waals surface area contributed by atoms with Crippen molar-refractivity contribution in [3.05, 3.63) is 97.2 Å². The van der Waals surface area contributed by atoms with Gasteiger partial charge in [-0.05, 0) is 89.9 Å². The molecule has 0 aliphatic heterocycles. The maximum atomic E-state index is 12.7. The molecule has 0 rings (SSSR count). The van der Waals surface area contributed by atoms with Crippen molar-refractivity contribution in [1.82, 2.24) is 0 Å². The van der Waals surface area contributed by atoms with Crippen molar-refractivity contribution in [2.45, 2.75) is 213 Å². The summed E-state index contributed by atoms with van der Waals surface area (Å²) in [5.41, 5.74) is 0. The molecule has 0 aromatic carbocycles. The van der Waals surface area contributed by atoms with Crippen LogP contribution >= 0.6 is 0 Å². The Morgan fingerprint density at radius 2 is 0.767 bits per heavy atom. The number of esters is 3. The molecule has 0 N–H and O–H groups in total. The predicted octanol–water partition coefficient (Wildman–Crippen LogP) is 15.8. The highest BCUT2D eigenvalue weighted by Crippen LogP contribution is 2.13. The summed E-state index contributed by atoms with van der Waals surface area (Å²) in [6.07, 6.45) is 62.6. The molecule has 0 bridgehead atoms. The lowest BCUT2D eigenvalue weighted by Gasteiger charge is -2.18. The van der Waals surface area contributed by atoms with Gasteiger partial charge in [-0.2, -0.15) is 0 Å². The first-order chi connectivity index (χ1) is 29.5. The number of hydrogen-bond acceptors (Lipinski definition) is 6.